The maximum Gasteiger partial charge on any atom is 0.222 e. The molecule has 1 aromatic rings. The lowest BCUT2D eigenvalue weighted by Gasteiger charge is -2.36. The van der Waals surface area contributed by atoms with Crippen molar-refractivity contribution in [2.45, 2.75) is 44.9 Å². The van der Waals surface area contributed by atoms with Crippen molar-refractivity contribution in [3.8, 4) is 0 Å². The highest BCUT2D eigenvalue weighted by atomic mass is 16.2. The van der Waals surface area contributed by atoms with E-state index in [1.165, 1.54) is 0 Å². The molecule has 1 saturated heterocycles. The van der Waals surface area contributed by atoms with Gasteiger partial charge in [0.25, 0.3) is 0 Å². The summed E-state index contributed by atoms with van der Waals surface area (Å²) in [5.74, 6) is 0.531. The molecule has 1 aliphatic rings. The molecule has 0 aliphatic carbocycles. The largest absolute Gasteiger partial charge is 0.384 e. The van der Waals surface area contributed by atoms with Gasteiger partial charge in [0.1, 0.15) is 5.82 Å². The Kier molecular flexibility index (Phi) is 7.50. The van der Waals surface area contributed by atoms with Gasteiger partial charge in [-0.15, -0.1) is 0 Å². The first kappa shape index (κ1) is 19.0. The number of nitrogens with zero attached hydrogens (tertiary/aromatic N) is 3. The highest BCUT2D eigenvalue weighted by Gasteiger charge is 2.20. The van der Waals surface area contributed by atoms with E-state index >= 15 is 0 Å². The standard InChI is InChI=1S/C18H29N5O2/c19-16-9-8-15(14-21-16)22-10-12-23(13-11-22)18(25)7-5-3-1-2-4-6-17(20)24/h8-9,14H,1-7,10-13H2,(H2,19,21)(H2,20,24). The van der Waals surface area contributed by atoms with Gasteiger partial charge in [0, 0.05) is 39.0 Å². The summed E-state index contributed by atoms with van der Waals surface area (Å²) in [6.45, 7) is 3.15. The number of nitrogens with two attached hydrogens (primary N) is 2. The normalized spacial score (nSPS) is 14.6. The molecule has 1 fully saturated rings. The molecule has 7 heteroatoms. The number of pyridine rings is 1. The number of rotatable bonds is 9. The molecular weight excluding hydrogens is 318 g/mol. The van der Waals surface area contributed by atoms with Crippen LogP contribution < -0.4 is 16.4 Å². The Balaban J connectivity index is 1.59. The van der Waals surface area contributed by atoms with Crippen molar-refractivity contribution in [2.75, 3.05) is 36.8 Å². The maximum absolute atomic E-state index is 12.3. The van der Waals surface area contributed by atoms with E-state index in [1.54, 1.807) is 12.3 Å². The molecule has 0 atom stereocenters. The van der Waals surface area contributed by atoms with Gasteiger partial charge in [-0.05, 0) is 25.0 Å². The molecule has 1 aromatic heterocycles. The summed E-state index contributed by atoms with van der Waals surface area (Å²) in [4.78, 5) is 31.2. The van der Waals surface area contributed by atoms with Crippen LogP contribution in [0.1, 0.15) is 44.9 Å². The van der Waals surface area contributed by atoms with Crippen LogP contribution in [0.25, 0.3) is 0 Å². The Morgan fingerprint density at radius 1 is 0.960 bits per heavy atom. The summed E-state index contributed by atoms with van der Waals surface area (Å²) >= 11 is 0. The van der Waals surface area contributed by atoms with E-state index in [2.05, 4.69) is 9.88 Å². The van der Waals surface area contributed by atoms with Crippen LogP contribution in [0, 0.1) is 0 Å². The molecular formula is C18H29N5O2. The lowest BCUT2D eigenvalue weighted by molar-refractivity contribution is -0.131. The lowest BCUT2D eigenvalue weighted by atomic mass is 10.1. The predicted octanol–water partition coefficient (Wildman–Crippen LogP) is 1.53. The van der Waals surface area contributed by atoms with Crippen LogP contribution in [0.5, 0.6) is 0 Å². The SMILES string of the molecule is NC(=O)CCCCCCCC(=O)N1CCN(c2ccc(N)nc2)CC1. The van der Waals surface area contributed by atoms with Gasteiger partial charge in [-0.1, -0.05) is 19.3 Å². The number of anilines is 2. The van der Waals surface area contributed by atoms with Crippen LogP contribution in [0.15, 0.2) is 18.3 Å². The molecule has 25 heavy (non-hydrogen) atoms. The number of carbonyl (C=O) groups excluding carboxylic acids is 2. The van der Waals surface area contributed by atoms with Gasteiger partial charge >= 0.3 is 0 Å². The number of primary amides is 1. The third-order valence-electron chi connectivity index (χ3n) is 4.58. The molecule has 0 aromatic carbocycles. The molecule has 138 valence electrons. The van der Waals surface area contributed by atoms with Gasteiger partial charge in [-0.2, -0.15) is 0 Å². The van der Waals surface area contributed by atoms with Crippen LogP contribution in [-0.4, -0.2) is 47.9 Å². The van der Waals surface area contributed by atoms with E-state index in [-0.39, 0.29) is 11.8 Å². The van der Waals surface area contributed by atoms with E-state index in [4.69, 9.17) is 11.5 Å². The molecule has 2 rings (SSSR count). The summed E-state index contributed by atoms with van der Waals surface area (Å²) in [6.07, 6.45) is 7.71. The molecule has 2 amide bonds. The second kappa shape index (κ2) is 9.86. The number of nitrogen functional groups attached to an aromatic ring is 1. The lowest BCUT2D eigenvalue weighted by Crippen LogP contribution is -2.48. The zero-order chi connectivity index (χ0) is 18.1. The fourth-order valence-electron chi connectivity index (χ4n) is 3.06. The second-order valence-corrected chi connectivity index (χ2v) is 6.54. The summed E-state index contributed by atoms with van der Waals surface area (Å²) in [6, 6.07) is 3.77. The number of aromatic nitrogens is 1. The molecule has 0 spiro atoms. The number of hydrogen-bond donors (Lipinski definition) is 2. The summed E-state index contributed by atoms with van der Waals surface area (Å²) in [5, 5.41) is 0. The molecule has 0 radical (unpaired) electrons. The topological polar surface area (TPSA) is 106 Å². The third kappa shape index (κ3) is 6.60. The predicted molar refractivity (Wildman–Crippen MR) is 99.0 cm³/mol. The second-order valence-electron chi connectivity index (χ2n) is 6.54. The highest BCUT2D eigenvalue weighted by molar-refractivity contribution is 5.76. The molecule has 0 saturated carbocycles. The van der Waals surface area contributed by atoms with E-state index < -0.39 is 0 Å². The first-order valence-corrected chi connectivity index (χ1v) is 9.09. The third-order valence-corrected chi connectivity index (χ3v) is 4.58. The zero-order valence-electron chi connectivity index (χ0n) is 14.8. The van der Waals surface area contributed by atoms with Crippen molar-refractivity contribution < 1.29 is 9.59 Å². The molecule has 0 unspecified atom stereocenters. The van der Waals surface area contributed by atoms with E-state index in [0.29, 0.717) is 18.7 Å². The van der Waals surface area contributed by atoms with E-state index in [1.807, 2.05) is 11.0 Å². The van der Waals surface area contributed by atoms with Crippen molar-refractivity contribution in [1.29, 1.82) is 0 Å². The maximum atomic E-state index is 12.3. The first-order chi connectivity index (χ1) is 12.1. The number of hydrogen-bond acceptors (Lipinski definition) is 5. The fourth-order valence-corrected chi connectivity index (χ4v) is 3.06. The summed E-state index contributed by atoms with van der Waals surface area (Å²) < 4.78 is 0. The number of amides is 2. The molecule has 1 aliphatic heterocycles. The zero-order valence-corrected chi connectivity index (χ0v) is 14.8. The smallest absolute Gasteiger partial charge is 0.222 e. The fraction of sp³-hybridized carbons (Fsp3) is 0.611. The highest BCUT2D eigenvalue weighted by Crippen LogP contribution is 2.17. The van der Waals surface area contributed by atoms with E-state index in [0.717, 1.165) is 64.0 Å². The van der Waals surface area contributed by atoms with Gasteiger partial charge in [0.15, 0.2) is 0 Å². The summed E-state index contributed by atoms with van der Waals surface area (Å²) in [5.41, 5.74) is 11.8. The monoisotopic (exact) mass is 347 g/mol. The van der Waals surface area contributed by atoms with Crippen LogP contribution in [-0.2, 0) is 9.59 Å². The minimum atomic E-state index is -0.232. The number of carbonyl (C=O) groups is 2. The van der Waals surface area contributed by atoms with Crippen molar-refractivity contribution >= 4 is 23.3 Å². The molecule has 4 N–H and O–H groups in total. The van der Waals surface area contributed by atoms with Crippen LogP contribution in [0.2, 0.25) is 0 Å². The average Bonchev–Trinajstić information content (AvgIpc) is 2.61. The first-order valence-electron chi connectivity index (χ1n) is 9.09. The Morgan fingerprint density at radius 2 is 1.60 bits per heavy atom. The number of piperazine rings is 1. The molecule has 7 nitrogen and oxygen atoms in total. The summed E-state index contributed by atoms with van der Waals surface area (Å²) in [7, 11) is 0. The van der Waals surface area contributed by atoms with Crippen LogP contribution in [0.4, 0.5) is 11.5 Å². The van der Waals surface area contributed by atoms with Crippen molar-refractivity contribution in [3.05, 3.63) is 18.3 Å². The Morgan fingerprint density at radius 3 is 2.20 bits per heavy atom. The Hall–Kier alpha value is -2.31. The minimum absolute atomic E-state index is 0.232. The Labute approximate surface area is 149 Å². The Bertz CT molecular complexity index is 553. The number of unbranched alkanes of at least 4 members (excludes halogenated alkanes) is 4. The molecule has 0 bridgehead atoms. The molecule has 2 heterocycles. The van der Waals surface area contributed by atoms with Gasteiger partial charge in [0.05, 0.1) is 11.9 Å². The van der Waals surface area contributed by atoms with Gasteiger partial charge in [0.2, 0.25) is 11.8 Å². The van der Waals surface area contributed by atoms with E-state index in [9.17, 15) is 9.59 Å². The van der Waals surface area contributed by atoms with Crippen molar-refractivity contribution in [1.82, 2.24) is 9.88 Å². The van der Waals surface area contributed by atoms with Gasteiger partial charge in [-0.3, -0.25) is 9.59 Å². The van der Waals surface area contributed by atoms with Crippen LogP contribution >= 0.6 is 0 Å². The minimum Gasteiger partial charge on any atom is -0.384 e. The van der Waals surface area contributed by atoms with Crippen molar-refractivity contribution in [3.63, 3.8) is 0 Å². The van der Waals surface area contributed by atoms with Gasteiger partial charge in [-0.25, -0.2) is 4.98 Å². The average molecular weight is 347 g/mol. The van der Waals surface area contributed by atoms with Crippen molar-refractivity contribution in [2.24, 2.45) is 5.73 Å². The van der Waals surface area contributed by atoms with Crippen LogP contribution in [0.3, 0.4) is 0 Å². The van der Waals surface area contributed by atoms with Gasteiger partial charge < -0.3 is 21.3 Å². The quantitative estimate of drug-likeness (QED) is 0.659.